The van der Waals surface area contributed by atoms with Crippen LogP contribution in [0.4, 0.5) is 51.2 Å². The molecule has 1 fully saturated rings. The lowest BCUT2D eigenvalue weighted by Crippen LogP contribution is -2.61. The lowest BCUT2D eigenvalue weighted by Gasteiger charge is -2.52. The van der Waals surface area contributed by atoms with E-state index in [0.29, 0.717) is 0 Å². The molecule has 8 aliphatic rings. The van der Waals surface area contributed by atoms with Crippen LogP contribution in [0.1, 0.15) is 206 Å². The normalized spacial score (nSPS) is 24.0. The molecule has 0 spiro atoms. The Morgan fingerprint density at radius 2 is 0.790 bits per heavy atom. The predicted octanol–water partition coefficient (Wildman–Crippen LogP) is 19.6. The Bertz CT molecular complexity index is 3910. The van der Waals surface area contributed by atoms with Crippen molar-refractivity contribution in [1.29, 1.82) is 0 Å². The molecule has 2 aliphatic heterocycles. The van der Waals surface area contributed by atoms with Gasteiger partial charge in [0.1, 0.15) is 0 Å². The highest BCUT2D eigenvalue weighted by Crippen LogP contribution is 2.60. The second kappa shape index (κ2) is 16.8. The fourth-order valence-electron chi connectivity index (χ4n) is 17.2. The summed E-state index contributed by atoms with van der Waals surface area (Å²) < 4.78 is 2.92. The molecule has 3 nitrogen and oxygen atoms in total. The molecule has 0 atom stereocenters. The zero-order valence-corrected chi connectivity index (χ0v) is 51.9. The van der Waals surface area contributed by atoms with Gasteiger partial charge in [0.25, 0.3) is 6.71 Å². The summed E-state index contributed by atoms with van der Waals surface area (Å²) in [4.78, 5) is 8.11. The smallest absolute Gasteiger partial charge is 0.264 e. The van der Waals surface area contributed by atoms with Crippen molar-refractivity contribution < 1.29 is 0 Å². The number of fused-ring (bicyclic) bond motifs is 11. The first kappa shape index (κ1) is 51.8. The van der Waals surface area contributed by atoms with Gasteiger partial charge in [-0.2, -0.15) is 0 Å². The van der Waals surface area contributed by atoms with Crippen LogP contribution >= 0.6 is 11.3 Å². The second-order valence-corrected chi connectivity index (χ2v) is 32.1. The van der Waals surface area contributed by atoms with Crippen LogP contribution in [0.15, 0.2) is 133 Å². The van der Waals surface area contributed by atoms with Gasteiger partial charge in [0.05, 0.1) is 11.4 Å². The minimum atomic E-state index is 0.00733. The zero-order valence-electron chi connectivity index (χ0n) is 51.1. The molecule has 5 heteroatoms. The summed E-state index contributed by atoms with van der Waals surface area (Å²) >= 11 is 2.11. The molecule has 412 valence electrons. The van der Waals surface area contributed by atoms with E-state index in [4.69, 9.17) is 0 Å². The SMILES string of the molecule is CC1(C)CCC(C)(C)c2cc(N3c4cc5c(cc4B4c6sc7cc8c(cc7c6N(c6ccc7c(c6)C(C)(C)CCC7(C)C)c6cc(N(c7ccccc7)c7ccccc7)cc3c64)C3(C)CCC8(C)CC3)C(C)(C)CCC5(C)C)ccc21. The van der Waals surface area contributed by atoms with Gasteiger partial charge in [0.15, 0.2) is 0 Å². The first-order chi connectivity index (χ1) is 38.3. The number of thiophene rings is 1. The van der Waals surface area contributed by atoms with Crippen LogP contribution in [0.2, 0.25) is 0 Å². The van der Waals surface area contributed by atoms with Gasteiger partial charge >= 0.3 is 0 Å². The molecule has 0 saturated heterocycles. The van der Waals surface area contributed by atoms with Gasteiger partial charge in [-0.1, -0.05) is 152 Å². The van der Waals surface area contributed by atoms with Gasteiger partial charge in [0.2, 0.25) is 0 Å². The Hall–Kier alpha value is -6.04. The van der Waals surface area contributed by atoms with Crippen molar-refractivity contribution in [2.45, 2.75) is 204 Å². The van der Waals surface area contributed by atoms with Gasteiger partial charge in [-0.05, 0) is 242 Å². The lowest BCUT2D eigenvalue weighted by molar-refractivity contribution is 0.188. The van der Waals surface area contributed by atoms with E-state index in [2.05, 4.69) is 256 Å². The summed E-state index contributed by atoms with van der Waals surface area (Å²) in [5, 5.41) is 1.42. The fourth-order valence-corrected chi connectivity index (χ4v) is 18.5. The number of para-hydroxylation sites is 2. The van der Waals surface area contributed by atoms with Crippen LogP contribution < -0.4 is 30.4 Å². The van der Waals surface area contributed by atoms with Gasteiger partial charge in [-0.25, -0.2) is 0 Å². The molecule has 0 unspecified atom stereocenters. The first-order valence-corrected chi connectivity index (χ1v) is 31.9. The molecule has 1 aromatic heterocycles. The molecule has 0 radical (unpaired) electrons. The maximum absolute atomic E-state index is 2.81. The summed E-state index contributed by atoms with van der Waals surface area (Å²) in [6.07, 6.45) is 12.1. The number of nitrogens with zero attached hydrogens (tertiary/aromatic N) is 3. The molecular formula is C76H84BN3S. The van der Waals surface area contributed by atoms with Crippen LogP contribution in [-0.2, 0) is 43.3 Å². The Labute approximate surface area is 489 Å². The lowest BCUT2D eigenvalue weighted by atomic mass is 9.35. The number of hydrogen-bond acceptors (Lipinski definition) is 4. The maximum Gasteiger partial charge on any atom is 0.264 e. The Morgan fingerprint density at radius 1 is 0.370 bits per heavy atom. The number of hydrogen-bond donors (Lipinski definition) is 0. The topological polar surface area (TPSA) is 9.72 Å². The molecule has 7 aromatic carbocycles. The maximum atomic E-state index is 2.81. The average molecular weight is 1080 g/mol. The minimum Gasteiger partial charge on any atom is -0.311 e. The van der Waals surface area contributed by atoms with Crippen LogP contribution in [0.3, 0.4) is 0 Å². The van der Waals surface area contributed by atoms with E-state index in [-0.39, 0.29) is 50.0 Å². The van der Waals surface area contributed by atoms with E-state index >= 15 is 0 Å². The Morgan fingerprint density at radius 3 is 1.28 bits per heavy atom. The highest BCUT2D eigenvalue weighted by atomic mass is 32.1. The van der Waals surface area contributed by atoms with Gasteiger partial charge < -0.3 is 14.7 Å². The molecule has 6 aliphatic carbocycles. The first-order valence-electron chi connectivity index (χ1n) is 31.1. The second-order valence-electron chi connectivity index (χ2n) is 31.1. The molecule has 81 heavy (non-hydrogen) atoms. The van der Waals surface area contributed by atoms with Crippen molar-refractivity contribution in [2.24, 2.45) is 0 Å². The van der Waals surface area contributed by atoms with E-state index in [1.165, 1.54) is 151 Å². The average Bonchev–Trinajstić information content (AvgIpc) is 4.05. The highest BCUT2D eigenvalue weighted by molar-refractivity contribution is 7.33. The van der Waals surface area contributed by atoms with Crippen molar-refractivity contribution in [3.05, 3.63) is 178 Å². The molecule has 16 rings (SSSR count). The predicted molar refractivity (Wildman–Crippen MR) is 350 cm³/mol. The van der Waals surface area contributed by atoms with E-state index < -0.39 is 0 Å². The molecule has 8 aromatic rings. The highest BCUT2D eigenvalue weighted by Gasteiger charge is 2.52. The summed E-state index contributed by atoms with van der Waals surface area (Å²) in [6.45, 7) is 35.2. The number of benzene rings is 7. The van der Waals surface area contributed by atoms with Crippen LogP contribution in [-0.4, -0.2) is 6.71 Å². The monoisotopic (exact) mass is 1080 g/mol. The van der Waals surface area contributed by atoms with E-state index in [1.54, 1.807) is 11.1 Å². The summed E-state index contributed by atoms with van der Waals surface area (Å²) in [7, 11) is 0. The summed E-state index contributed by atoms with van der Waals surface area (Å²) in [5.74, 6) is 0. The third kappa shape index (κ3) is 7.44. The number of rotatable bonds is 5. The zero-order chi connectivity index (χ0) is 56.3. The summed E-state index contributed by atoms with van der Waals surface area (Å²) in [5.41, 5.74) is 27.1. The Balaban J connectivity index is 1.12. The summed E-state index contributed by atoms with van der Waals surface area (Å²) in [6, 6.07) is 53.9. The van der Waals surface area contributed by atoms with Gasteiger partial charge in [-0.15, -0.1) is 11.3 Å². The molecule has 3 heterocycles. The van der Waals surface area contributed by atoms with Crippen molar-refractivity contribution in [2.75, 3.05) is 14.7 Å². The van der Waals surface area contributed by atoms with Crippen molar-refractivity contribution in [3.63, 3.8) is 0 Å². The molecule has 0 amide bonds. The number of anilines is 9. The standard InChI is InChI=1S/C76H84BN3S/c1-69(2)29-31-71(5,6)55-39-49(25-27-53(55)69)79-62-45-58-57(73(9,10)33-34-74(58,11)12)44-61(62)77-66-63(79)41-51(78(47-21-17-15-18-22-47)48-23-19-16-20-24-48)42-64(66)80(50-26-28-54-56(40-50)72(7,8)32-30-70(54,3)4)67-52-43-59-60(46-65(52)81-68(67)77)76(14)37-35-75(59,13)36-38-76/h15-28,39-46H,29-38H2,1-14H3. The quantitative estimate of drug-likeness (QED) is 0.159. The third-order valence-electron chi connectivity index (χ3n) is 23.0. The Kier molecular flexibility index (Phi) is 10.8. The largest absolute Gasteiger partial charge is 0.311 e. The molecule has 2 bridgehead atoms. The van der Waals surface area contributed by atoms with Crippen LogP contribution in [0, 0.1) is 0 Å². The molecule has 0 N–H and O–H groups in total. The van der Waals surface area contributed by atoms with Crippen molar-refractivity contribution >= 4 is 95.0 Å². The van der Waals surface area contributed by atoms with Gasteiger partial charge in [-0.3, -0.25) is 0 Å². The van der Waals surface area contributed by atoms with Crippen molar-refractivity contribution in [3.8, 4) is 0 Å². The van der Waals surface area contributed by atoms with Crippen molar-refractivity contribution in [1.82, 2.24) is 0 Å². The van der Waals surface area contributed by atoms with Gasteiger partial charge in [0, 0.05) is 54.7 Å². The van der Waals surface area contributed by atoms with Crippen LogP contribution in [0.25, 0.3) is 10.1 Å². The van der Waals surface area contributed by atoms with E-state index in [9.17, 15) is 0 Å². The molecular weight excluding hydrogens is 998 g/mol. The molecule has 1 saturated carbocycles. The fraction of sp³-hybridized carbons (Fsp3) is 0.421. The van der Waals surface area contributed by atoms with E-state index in [1.807, 2.05) is 0 Å². The minimum absolute atomic E-state index is 0.00733. The van der Waals surface area contributed by atoms with E-state index in [0.717, 1.165) is 23.5 Å². The van der Waals surface area contributed by atoms with Crippen LogP contribution in [0.5, 0.6) is 0 Å². The third-order valence-corrected chi connectivity index (χ3v) is 24.2.